The van der Waals surface area contributed by atoms with Gasteiger partial charge in [0.25, 0.3) is 0 Å². The molecular weight excluding hydrogens is 391 g/mol. The van der Waals surface area contributed by atoms with E-state index in [0.717, 1.165) is 49.1 Å². The first-order valence-electron chi connectivity index (χ1n) is 7.18. The Morgan fingerprint density at radius 2 is 1.95 bits per heavy atom. The maximum Gasteiger partial charge on any atom is 0.162 e. The van der Waals surface area contributed by atoms with E-state index in [1.54, 1.807) is 13.2 Å². The predicted octanol–water partition coefficient (Wildman–Crippen LogP) is 3.75. The largest absolute Gasteiger partial charge is 0.504 e. The van der Waals surface area contributed by atoms with Crippen LogP contribution in [0.1, 0.15) is 31.4 Å². The molecule has 0 unspecified atom stereocenters. The van der Waals surface area contributed by atoms with Crippen LogP contribution in [-0.4, -0.2) is 43.3 Å². The zero-order chi connectivity index (χ0) is 14.5. The number of rotatable bonds is 5. The second-order valence-electron chi connectivity index (χ2n) is 5.14. The van der Waals surface area contributed by atoms with Crippen molar-refractivity contribution >= 4 is 40.7 Å². The van der Waals surface area contributed by atoms with Crippen molar-refractivity contribution in [2.75, 3.05) is 33.3 Å². The van der Waals surface area contributed by atoms with E-state index >= 15 is 0 Å². The lowest BCUT2D eigenvalue weighted by atomic mass is 9.98. The molecule has 2 N–H and O–H groups in total. The Morgan fingerprint density at radius 3 is 2.50 bits per heavy atom. The highest BCUT2D eigenvalue weighted by Crippen LogP contribution is 2.40. The molecule has 1 heterocycles. The summed E-state index contributed by atoms with van der Waals surface area (Å²) in [7, 11) is 1.59. The summed E-state index contributed by atoms with van der Waals surface area (Å²) in [5.41, 5.74) is 0.958. The fraction of sp³-hybridized carbons (Fsp3) is 0.600. The summed E-state index contributed by atoms with van der Waals surface area (Å²) in [5.74, 6) is 0.804. The lowest BCUT2D eigenvalue weighted by Crippen LogP contribution is -2.45. The van der Waals surface area contributed by atoms with E-state index in [2.05, 4.69) is 33.1 Å². The first-order valence-corrected chi connectivity index (χ1v) is 7.97. The molecule has 1 aromatic rings. The summed E-state index contributed by atoms with van der Waals surface area (Å²) in [5, 5.41) is 13.8. The highest BCUT2D eigenvalue weighted by atomic mass is 79.9. The summed E-state index contributed by atoms with van der Waals surface area (Å²) in [6, 6.07) is 4.06. The Balaban J connectivity index is 0.00000220. The van der Waals surface area contributed by atoms with Crippen LogP contribution >= 0.6 is 40.7 Å². The molecule has 0 aliphatic carbocycles. The Labute approximate surface area is 153 Å². The number of nitrogens with zero attached hydrogens (tertiary/aromatic N) is 1. The molecule has 22 heavy (non-hydrogen) atoms. The maximum atomic E-state index is 10.5. The molecule has 1 aromatic carbocycles. The Kier molecular flexibility index (Phi) is 10.5. The van der Waals surface area contributed by atoms with Gasteiger partial charge in [0.1, 0.15) is 0 Å². The lowest BCUT2D eigenvalue weighted by Gasteiger charge is -2.35. The predicted molar refractivity (Wildman–Crippen MR) is 98.9 cm³/mol. The van der Waals surface area contributed by atoms with Crippen molar-refractivity contribution in [2.45, 2.75) is 25.8 Å². The highest BCUT2D eigenvalue weighted by molar-refractivity contribution is 9.10. The van der Waals surface area contributed by atoms with Gasteiger partial charge in [0, 0.05) is 42.3 Å². The molecule has 4 nitrogen and oxygen atoms in total. The summed E-state index contributed by atoms with van der Waals surface area (Å²) < 4.78 is 6.21. The van der Waals surface area contributed by atoms with Crippen LogP contribution in [0.15, 0.2) is 16.6 Å². The highest BCUT2D eigenvalue weighted by Gasteiger charge is 2.25. The summed E-state index contributed by atoms with van der Waals surface area (Å²) >= 11 is 3.51. The number of phenols is 1. The number of methoxy groups -OCH3 is 1. The number of hydrogen-bond donors (Lipinski definition) is 2. The normalized spacial score (nSPS) is 16.3. The topological polar surface area (TPSA) is 44.7 Å². The van der Waals surface area contributed by atoms with E-state index in [4.69, 9.17) is 4.74 Å². The molecule has 0 bridgehead atoms. The minimum atomic E-state index is 0. The third-order valence-electron chi connectivity index (χ3n) is 3.80. The maximum absolute atomic E-state index is 10.5. The fourth-order valence-electron chi connectivity index (χ4n) is 2.81. The van der Waals surface area contributed by atoms with Gasteiger partial charge in [0.15, 0.2) is 11.5 Å². The van der Waals surface area contributed by atoms with Crippen LogP contribution in [0.3, 0.4) is 0 Å². The van der Waals surface area contributed by atoms with Crippen LogP contribution in [0.5, 0.6) is 11.5 Å². The molecule has 0 amide bonds. The molecular formula is C15H25BrCl2N2O2. The van der Waals surface area contributed by atoms with Gasteiger partial charge in [-0.25, -0.2) is 0 Å². The van der Waals surface area contributed by atoms with E-state index in [1.807, 2.05) is 6.07 Å². The van der Waals surface area contributed by atoms with E-state index < -0.39 is 0 Å². The summed E-state index contributed by atoms with van der Waals surface area (Å²) in [4.78, 5) is 2.45. The molecule has 1 fully saturated rings. The van der Waals surface area contributed by atoms with Crippen molar-refractivity contribution in [3.8, 4) is 11.5 Å². The first-order chi connectivity index (χ1) is 9.67. The van der Waals surface area contributed by atoms with Crippen molar-refractivity contribution in [1.29, 1.82) is 0 Å². The van der Waals surface area contributed by atoms with Crippen LogP contribution in [0.25, 0.3) is 0 Å². The average Bonchev–Trinajstić information content (AvgIpc) is 2.48. The number of aromatic hydroxyl groups is 1. The van der Waals surface area contributed by atoms with Gasteiger partial charge >= 0.3 is 0 Å². The number of benzene rings is 1. The zero-order valence-electron chi connectivity index (χ0n) is 13.0. The van der Waals surface area contributed by atoms with Crippen molar-refractivity contribution in [1.82, 2.24) is 10.2 Å². The monoisotopic (exact) mass is 414 g/mol. The molecule has 0 radical (unpaired) electrons. The zero-order valence-corrected chi connectivity index (χ0v) is 16.2. The van der Waals surface area contributed by atoms with Crippen LogP contribution in [0.2, 0.25) is 0 Å². The van der Waals surface area contributed by atoms with Gasteiger partial charge in [-0.15, -0.1) is 24.8 Å². The standard InChI is InChI=1S/C15H23BrN2O2.2ClH/c1-3-4-13(18-7-5-17-6-8-18)12-9-11(16)10-14(20-2)15(12)19;;/h9-10,13,17,19H,3-8H2,1-2H3;2*1H/t13-;;/m0../s1. The molecule has 2 rings (SSSR count). The van der Waals surface area contributed by atoms with Gasteiger partial charge in [-0.2, -0.15) is 0 Å². The SMILES string of the molecule is CCC[C@@H](c1cc(Br)cc(OC)c1O)N1CCNCC1.Cl.Cl. The van der Waals surface area contributed by atoms with E-state index in [0.29, 0.717) is 5.75 Å². The molecule has 1 atom stereocenters. The number of nitrogens with one attached hydrogen (secondary N) is 1. The van der Waals surface area contributed by atoms with Gasteiger partial charge in [-0.3, -0.25) is 4.90 Å². The van der Waals surface area contributed by atoms with E-state index in [-0.39, 0.29) is 36.6 Å². The molecule has 0 saturated carbocycles. The van der Waals surface area contributed by atoms with E-state index in [1.165, 1.54) is 0 Å². The van der Waals surface area contributed by atoms with Crippen LogP contribution in [-0.2, 0) is 0 Å². The number of ether oxygens (including phenoxy) is 1. The number of halogens is 3. The first kappa shape index (κ1) is 21.8. The summed E-state index contributed by atoms with van der Waals surface area (Å²) in [6.07, 6.45) is 2.12. The third-order valence-corrected chi connectivity index (χ3v) is 4.26. The van der Waals surface area contributed by atoms with Crippen molar-refractivity contribution < 1.29 is 9.84 Å². The Morgan fingerprint density at radius 1 is 1.32 bits per heavy atom. The van der Waals surface area contributed by atoms with Gasteiger partial charge in [0.05, 0.1) is 7.11 Å². The molecule has 0 aromatic heterocycles. The number of hydrogen-bond acceptors (Lipinski definition) is 4. The minimum absolute atomic E-state index is 0. The Hall–Kier alpha value is -0.200. The third kappa shape index (κ3) is 5.17. The second kappa shape index (κ2) is 10.6. The number of piperazine rings is 1. The quantitative estimate of drug-likeness (QED) is 0.768. The average molecular weight is 416 g/mol. The molecule has 1 aliphatic rings. The minimum Gasteiger partial charge on any atom is -0.504 e. The Bertz CT molecular complexity index is 457. The van der Waals surface area contributed by atoms with Crippen LogP contribution < -0.4 is 10.1 Å². The summed E-state index contributed by atoms with van der Waals surface area (Å²) in [6.45, 7) is 6.22. The van der Waals surface area contributed by atoms with Gasteiger partial charge in [-0.1, -0.05) is 29.3 Å². The molecule has 128 valence electrons. The number of phenolic OH excluding ortho intramolecular Hbond substituents is 1. The molecule has 7 heteroatoms. The van der Waals surface area contributed by atoms with Crippen molar-refractivity contribution in [3.05, 3.63) is 22.2 Å². The van der Waals surface area contributed by atoms with Crippen molar-refractivity contribution in [2.24, 2.45) is 0 Å². The smallest absolute Gasteiger partial charge is 0.162 e. The molecule has 1 saturated heterocycles. The fourth-order valence-corrected chi connectivity index (χ4v) is 3.26. The van der Waals surface area contributed by atoms with E-state index in [9.17, 15) is 5.11 Å². The van der Waals surface area contributed by atoms with Crippen molar-refractivity contribution in [3.63, 3.8) is 0 Å². The van der Waals surface area contributed by atoms with Gasteiger partial charge in [-0.05, 0) is 18.6 Å². The molecule has 1 aliphatic heterocycles. The van der Waals surface area contributed by atoms with Gasteiger partial charge < -0.3 is 15.2 Å². The van der Waals surface area contributed by atoms with Gasteiger partial charge in [0.2, 0.25) is 0 Å². The van der Waals surface area contributed by atoms with Crippen LogP contribution in [0.4, 0.5) is 0 Å². The second-order valence-corrected chi connectivity index (χ2v) is 6.05. The molecule has 0 spiro atoms. The van der Waals surface area contributed by atoms with Crippen LogP contribution in [0, 0.1) is 0 Å². The lowest BCUT2D eigenvalue weighted by molar-refractivity contribution is 0.161.